The standard InChI is InChI=1S/C52H88O6/c1-4-7-10-13-16-19-22-24-25-26-27-29-30-33-36-39-42-45-51(54)57-48-49(47-56-50(53)44-41-38-35-32-21-18-15-12-9-6-3)58-52(55)46-43-40-37-34-31-28-23-20-17-14-11-8-5-2/h7,10,16,19,24-25,27-29,31,33,36,49H,4-6,8-9,11-15,17-18,20-23,26,30,32,34-35,37-48H2,1-3H3/b10-7-,19-16-,25-24-,29-27-,31-28-,36-33-. The van der Waals surface area contributed by atoms with Gasteiger partial charge in [-0.15, -0.1) is 0 Å². The SMILES string of the molecule is CC/C=C\C/C=C\C/C=C\C/C=C\C/C=C\CCCC(=O)OCC(COC(=O)CCCCCCCCCCCC)OC(=O)CCCCC/C=C\CCCCCCCC. The molecule has 0 heterocycles. The molecule has 0 N–H and O–H groups in total. The summed E-state index contributed by atoms with van der Waals surface area (Å²) in [6, 6.07) is 0. The number of esters is 3. The van der Waals surface area contributed by atoms with Crippen LogP contribution < -0.4 is 0 Å². The lowest BCUT2D eigenvalue weighted by Crippen LogP contribution is -2.30. The van der Waals surface area contributed by atoms with Crippen LogP contribution in [-0.2, 0) is 28.6 Å². The van der Waals surface area contributed by atoms with Gasteiger partial charge >= 0.3 is 17.9 Å². The molecule has 0 spiro atoms. The summed E-state index contributed by atoms with van der Waals surface area (Å²) in [5.74, 6) is -0.980. The third kappa shape index (κ3) is 44.0. The van der Waals surface area contributed by atoms with Crippen molar-refractivity contribution in [1.29, 1.82) is 0 Å². The summed E-state index contributed by atoms with van der Waals surface area (Å²) in [5.41, 5.74) is 0. The van der Waals surface area contributed by atoms with Crippen LogP contribution in [0.4, 0.5) is 0 Å². The van der Waals surface area contributed by atoms with Gasteiger partial charge < -0.3 is 14.2 Å². The van der Waals surface area contributed by atoms with Crippen molar-refractivity contribution in [3.05, 3.63) is 72.9 Å². The van der Waals surface area contributed by atoms with Crippen molar-refractivity contribution in [3.8, 4) is 0 Å². The van der Waals surface area contributed by atoms with Gasteiger partial charge in [-0.05, 0) is 83.5 Å². The highest BCUT2D eigenvalue weighted by Crippen LogP contribution is 2.13. The second-order valence-electron chi connectivity index (χ2n) is 15.6. The molecule has 0 rings (SSSR count). The minimum Gasteiger partial charge on any atom is -0.462 e. The number of rotatable bonds is 42. The average Bonchev–Trinajstić information content (AvgIpc) is 3.22. The van der Waals surface area contributed by atoms with E-state index in [0.29, 0.717) is 19.3 Å². The van der Waals surface area contributed by atoms with E-state index in [1.807, 2.05) is 0 Å². The maximum Gasteiger partial charge on any atom is 0.306 e. The van der Waals surface area contributed by atoms with Gasteiger partial charge in [0.25, 0.3) is 0 Å². The number of hydrogen-bond acceptors (Lipinski definition) is 6. The van der Waals surface area contributed by atoms with E-state index in [1.54, 1.807) is 0 Å². The second-order valence-corrected chi connectivity index (χ2v) is 15.6. The Morgan fingerprint density at radius 1 is 0.362 bits per heavy atom. The van der Waals surface area contributed by atoms with E-state index < -0.39 is 6.10 Å². The fourth-order valence-electron chi connectivity index (χ4n) is 6.35. The lowest BCUT2D eigenvalue weighted by molar-refractivity contribution is -0.167. The number of carbonyl (C=O) groups is 3. The maximum atomic E-state index is 12.7. The fraction of sp³-hybridized carbons (Fsp3) is 0.712. The van der Waals surface area contributed by atoms with Crippen molar-refractivity contribution in [3.63, 3.8) is 0 Å². The first-order chi connectivity index (χ1) is 28.5. The molecular weight excluding hydrogens is 721 g/mol. The van der Waals surface area contributed by atoms with Crippen LogP contribution in [0, 0.1) is 0 Å². The van der Waals surface area contributed by atoms with Crippen molar-refractivity contribution < 1.29 is 28.6 Å². The van der Waals surface area contributed by atoms with Crippen LogP contribution >= 0.6 is 0 Å². The maximum absolute atomic E-state index is 12.7. The highest BCUT2D eigenvalue weighted by Gasteiger charge is 2.19. The molecule has 0 aliphatic rings. The zero-order valence-electron chi connectivity index (χ0n) is 37.8. The Morgan fingerprint density at radius 2 is 0.690 bits per heavy atom. The predicted molar refractivity (Wildman–Crippen MR) is 247 cm³/mol. The van der Waals surface area contributed by atoms with Gasteiger partial charge in [-0.3, -0.25) is 14.4 Å². The molecule has 0 radical (unpaired) electrons. The topological polar surface area (TPSA) is 78.9 Å². The molecule has 58 heavy (non-hydrogen) atoms. The third-order valence-corrected chi connectivity index (χ3v) is 9.95. The largest absolute Gasteiger partial charge is 0.462 e. The Labute approximate surface area is 357 Å². The van der Waals surface area contributed by atoms with E-state index in [9.17, 15) is 14.4 Å². The van der Waals surface area contributed by atoms with Crippen LogP contribution in [0.25, 0.3) is 0 Å². The smallest absolute Gasteiger partial charge is 0.306 e. The summed E-state index contributed by atoms with van der Waals surface area (Å²) >= 11 is 0. The third-order valence-electron chi connectivity index (χ3n) is 9.95. The van der Waals surface area contributed by atoms with Crippen molar-refractivity contribution in [2.24, 2.45) is 0 Å². The molecule has 1 unspecified atom stereocenters. The van der Waals surface area contributed by atoms with Gasteiger partial charge in [-0.1, -0.05) is 190 Å². The highest BCUT2D eigenvalue weighted by molar-refractivity contribution is 5.71. The predicted octanol–water partition coefficient (Wildman–Crippen LogP) is 15.5. The first-order valence-corrected chi connectivity index (χ1v) is 23.9. The van der Waals surface area contributed by atoms with E-state index in [1.165, 1.54) is 83.5 Å². The number of carbonyl (C=O) groups excluding carboxylic acids is 3. The summed E-state index contributed by atoms with van der Waals surface area (Å²) in [5, 5.41) is 0. The second kappa shape index (κ2) is 46.5. The summed E-state index contributed by atoms with van der Waals surface area (Å²) in [7, 11) is 0. The molecule has 0 fully saturated rings. The van der Waals surface area contributed by atoms with Crippen LogP contribution in [0.1, 0.15) is 220 Å². The van der Waals surface area contributed by atoms with Crippen molar-refractivity contribution in [2.45, 2.75) is 226 Å². The van der Waals surface area contributed by atoms with Gasteiger partial charge in [0.05, 0.1) is 0 Å². The van der Waals surface area contributed by atoms with Crippen LogP contribution in [0.2, 0.25) is 0 Å². The Kier molecular flexibility index (Phi) is 44.0. The molecule has 0 saturated carbocycles. The lowest BCUT2D eigenvalue weighted by Gasteiger charge is -2.18. The van der Waals surface area contributed by atoms with E-state index >= 15 is 0 Å². The molecule has 0 aromatic carbocycles. The molecule has 0 bridgehead atoms. The number of unbranched alkanes of at least 4 members (excludes halogenated alkanes) is 19. The van der Waals surface area contributed by atoms with Crippen molar-refractivity contribution in [1.82, 2.24) is 0 Å². The number of allylic oxidation sites excluding steroid dienone is 12. The summed E-state index contributed by atoms with van der Waals surface area (Å²) in [4.78, 5) is 37.8. The van der Waals surface area contributed by atoms with Crippen LogP contribution in [-0.4, -0.2) is 37.2 Å². The minimum absolute atomic E-state index is 0.0982. The minimum atomic E-state index is -0.802. The monoisotopic (exact) mass is 809 g/mol. The Balaban J connectivity index is 4.48. The van der Waals surface area contributed by atoms with E-state index in [2.05, 4.69) is 93.7 Å². The molecule has 6 heteroatoms. The first-order valence-electron chi connectivity index (χ1n) is 23.9. The fourth-order valence-corrected chi connectivity index (χ4v) is 6.35. The van der Waals surface area contributed by atoms with E-state index in [-0.39, 0.29) is 37.5 Å². The molecule has 0 aliphatic heterocycles. The number of hydrogen-bond donors (Lipinski definition) is 0. The average molecular weight is 809 g/mol. The Morgan fingerprint density at radius 3 is 1.16 bits per heavy atom. The Bertz CT molecular complexity index is 1110. The van der Waals surface area contributed by atoms with Crippen LogP contribution in [0.5, 0.6) is 0 Å². The molecule has 0 aromatic rings. The molecule has 0 aromatic heterocycles. The number of ether oxygens (including phenoxy) is 3. The van der Waals surface area contributed by atoms with Crippen molar-refractivity contribution >= 4 is 17.9 Å². The first kappa shape index (κ1) is 54.9. The van der Waals surface area contributed by atoms with Crippen LogP contribution in [0.3, 0.4) is 0 Å². The normalized spacial score (nSPS) is 12.7. The molecule has 1 atom stereocenters. The van der Waals surface area contributed by atoms with E-state index in [0.717, 1.165) is 89.9 Å². The molecular formula is C52H88O6. The van der Waals surface area contributed by atoms with Gasteiger partial charge in [-0.2, -0.15) is 0 Å². The van der Waals surface area contributed by atoms with Gasteiger partial charge in [0.2, 0.25) is 0 Å². The Hall–Kier alpha value is -3.15. The van der Waals surface area contributed by atoms with Crippen LogP contribution in [0.15, 0.2) is 72.9 Å². The summed E-state index contributed by atoms with van der Waals surface area (Å²) < 4.78 is 16.7. The molecule has 0 saturated heterocycles. The van der Waals surface area contributed by atoms with Gasteiger partial charge in [0.1, 0.15) is 13.2 Å². The lowest BCUT2D eigenvalue weighted by atomic mass is 10.1. The van der Waals surface area contributed by atoms with Gasteiger partial charge in [0, 0.05) is 19.3 Å². The molecule has 0 amide bonds. The zero-order chi connectivity index (χ0) is 42.3. The van der Waals surface area contributed by atoms with E-state index in [4.69, 9.17) is 14.2 Å². The summed E-state index contributed by atoms with van der Waals surface area (Å²) in [6.07, 6.45) is 57.5. The van der Waals surface area contributed by atoms with Crippen molar-refractivity contribution in [2.75, 3.05) is 13.2 Å². The van der Waals surface area contributed by atoms with Gasteiger partial charge in [-0.25, -0.2) is 0 Å². The van der Waals surface area contributed by atoms with Gasteiger partial charge in [0.15, 0.2) is 6.10 Å². The quantitative estimate of drug-likeness (QED) is 0.0264. The summed E-state index contributed by atoms with van der Waals surface area (Å²) in [6.45, 7) is 6.43. The molecule has 6 nitrogen and oxygen atoms in total. The molecule has 0 aliphatic carbocycles. The highest BCUT2D eigenvalue weighted by atomic mass is 16.6. The molecule has 332 valence electrons. The zero-order valence-corrected chi connectivity index (χ0v) is 37.8.